The lowest BCUT2D eigenvalue weighted by atomic mass is 9.86. The first-order valence-electron chi connectivity index (χ1n) is 6.37. The van der Waals surface area contributed by atoms with Crippen LogP contribution in [0.15, 0.2) is 24.3 Å². The molecule has 0 fully saturated rings. The van der Waals surface area contributed by atoms with Crippen LogP contribution in [0.3, 0.4) is 0 Å². The molecule has 0 atom stereocenters. The van der Waals surface area contributed by atoms with Crippen molar-refractivity contribution in [3.8, 4) is 23.0 Å². The lowest BCUT2D eigenvalue weighted by Gasteiger charge is -2.21. The van der Waals surface area contributed by atoms with E-state index in [0.29, 0.717) is 22.3 Å². The minimum absolute atomic E-state index is 0.0509. The van der Waals surface area contributed by atoms with Gasteiger partial charge in [0.05, 0.1) is 0 Å². The van der Waals surface area contributed by atoms with Gasteiger partial charge < -0.3 is 20.4 Å². The molecule has 0 amide bonds. The van der Waals surface area contributed by atoms with Crippen molar-refractivity contribution < 1.29 is 20.4 Å². The van der Waals surface area contributed by atoms with Crippen LogP contribution >= 0.6 is 0 Å². The summed E-state index contributed by atoms with van der Waals surface area (Å²) in [6.07, 6.45) is 0. The third-order valence-corrected chi connectivity index (χ3v) is 3.79. The van der Waals surface area contributed by atoms with E-state index in [0.717, 1.165) is 0 Å². The van der Waals surface area contributed by atoms with Crippen molar-refractivity contribution in [1.29, 1.82) is 0 Å². The molecule has 0 bridgehead atoms. The SMILES string of the molecule is Cc1c(O)ccc(O)c1C(C)c1c(O)ccc(O)c1C. The lowest BCUT2D eigenvalue weighted by molar-refractivity contribution is 0.439. The molecule has 4 nitrogen and oxygen atoms in total. The maximum atomic E-state index is 10.0. The maximum absolute atomic E-state index is 10.0. The van der Waals surface area contributed by atoms with E-state index in [1.807, 2.05) is 6.92 Å². The fraction of sp³-hybridized carbons (Fsp3) is 0.250. The minimum Gasteiger partial charge on any atom is -0.508 e. The van der Waals surface area contributed by atoms with Crippen molar-refractivity contribution in [2.75, 3.05) is 0 Å². The third kappa shape index (κ3) is 2.13. The first-order chi connectivity index (χ1) is 9.34. The zero-order valence-electron chi connectivity index (χ0n) is 11.7. The van der Waals surface area contributed by atoms with Gasteiger partial charge in [0, 0.05) is 17.0 Å². The van der Waals surface area contributed by atoms with Crippen LogP contribution < -0.4 is 0 Å². The van der Waals surface area contributed by atoms with Gasteiger partial charge in [-0.2, -0.15) is 0 Å². The summed E-state index contributed by atoms with van der Waals surface area (Å²) in [6, 6.07) is 5.69. The molecule has 0 aliphatic heterocycles. The van der Waals surface area contributed by atoms with Gasteiger partial charge in [0.15, 0.2) is 0 Å². The van der Waals surface area contributed by atoms with E-state index in [1.165, 1.54) is 24.3 Å². The summed E-state index contributed by atoms with van der Waals surface area (Å²) < 4.78 is 0. The van der Waals surface area contributed by atoms with Crippen molar-refractivity contribution in [3.05, 3.63) is 46.5 Å². The van der Waals surface area contributed by atoms with Crippen LogP contribution in [0.1, 0.15) is 35.1 Å². The van der Waals surface area contributed by atoms with Gasteiger partial charge in [0.25, 0.3) is 0 Å². The second-order valence-electron chi connectivity index (χ2n) is 5.01. The summed E-state index contributed by atoms with van der Waals surface area (Å²) in [7, 11) is 0. The molecule has 0 saturated heterocycles. The van der Waals surface area contributed by atoms with Crippen molar-refractivity contribution in [3.63, 3.8) is 0 Å². The van der Waals surface area contributed by atoms with Crippen molar-refractivity contribution in [1.82, 2.24) is 0 Å². The van der Waals surface area contributed by atoms with Crippen LogP contribution in [0, 0.1) is 13.8 Å². The lowest BCUT2D eigenvalue weighted by Crippen LogP contribution is -2.02. The Kier molecular flexibility index (Phi) is 3.49. The molecule has 0 heterocycles. The van der Waals surface area contributed by atoms with Gasteiger partial charge in [0.1, 0.15) is 23.0 Å². The minimum atomic E-state index is -0.366. The summed E-state index contributed by atoms with van der Waals surface area (Å²) >= 11 is 0. The van der Waals surface area contributed by atoms with Crippen LogP contribution in [0.5, 0.6) is 23.0 Å². The molecule has 2 aromatic carbocycles. The van der Waals surface area contributed by atoms with Crippen molar-refractivity contribution in [2.45, 2.75) is 26.7 Å². The van der Waals surface area contributed by atoms with Crippen molar-refractivity contribution >= 4 is 0 Å². The molecule has 0 unspecified atom stereocenters. The Hall–Kier alpha value is -2.36. The molecular weight excluding hydrogens is 256 g/mol. The van der Waals surface area contributed by atoms with Gasteiger partial charge in [-0.15, -0.1) is 0 Å². The van der Waals surface area contributed by atoms with Crippen molar-refractivity contribution in [2.24, 2.45) is 0 Å². The molecule has 2 rings (SSSR count). The van der Waals surface area contributed by atoms with Gasteiger partial charge in [-0.05, 0) is 49.2 Å². The molecule has 4 N–H and O–H groups in total. The molecule has 2 aromatic rings. The summed E-state index contributed by atoms with van der Waals surface area (Å²) in [5, 5.41) is 39.7. The van der Waals surface area contributed by atoms with Crippen LogP contribution in [0.4, 0.5) is 0 Å². The summed E-state index contributed by atoms with van der Waals surface area (Å²) in [6.45, 7) is 5.22. The summed E-state index contributed by atoms with van der Waals surface area (Å²) in [5.74, 6) is -0.0945. The predicted octanol–water partition coefficient (Wildman–Crippen LogP) is 3.28. The normalized spacial score (nSPS) is 11.0. The Bertz CT molecular complexity index is 605. The molecule has 0 aliphatic carbocycles. The average molecular weight is 274 g/mol. The van der Waals surface area contributed by atoms with Crippen LogP contribution in [0.2, 0.25) is 0 Å². The number of aromatic hydroxyl groups is 4. The average Bonchev–Trinajstić information content (AvgIpc) is 2.39. The Morgan fingerprint density at radius 3 is 1.30 bits per heavy atom. The molecule has 20 heavy (non-hydrogen) atoms. The Morgan fingerprint density at radius 1 is 0.650 bits per heavy atom. The second-order valence-corrected chi connectivity index (χ2v) is 5.01. The molecule has 4 heteroatoms. The summed E-state index contributed by atoms with van der Waals surface area (Å²) in [4.78, 5) is 0. The largest absolute Gasteiger partial charge is 0.508 e. The van der Waals surface area contributed by atoms with E-state index < -0.39 is 0 Å². The molecular formula is C16H18O4. The highest BCUT2D eigenvalue weighted by Gasteiger charge is 2.22. The first-order valence-corrected chi connectivity index (χ1v) is 6.37. The van der Waals surface area contributed by atoms with Crippen LogP contribution in [-0.2, 0) is 0 Å². The highest BCUT2D eigenvalue weighted by Crippen LogP contribution is 2.42. The summed E-state index contributed by atoms with van der Waals surface area (Å²) in [5.41, 5.74) is 2.18. The Morgan fingerprint density at radius 2 is 0.950 bits per heavy atom. The number of phenols is 4. The van der Waals surface area contributed by atoms with Gasteiger partial charge in [-0.1, -0.05) is 6.92 Å². The number of rotatable bonds is 2. The predicted molar refractivity (Wildman–Crippen MR) is 76.5 cm³/mol. The molecule has 106 valence electrons. The number of benzene rings is 2. The van der Waals surface area contributed by atoms with E-state index in [1.54, 1.807) is 13.8 Å². The second kappa shape index (κ2) is 4.96. The molecule has 0 spiro atoms. The highest BCUT2D eigenvalue weighted by atomic mass is 16.3. The monoisotopic (exact) mass is 274 g/mol. The van der Waals surface area contributed by atoms with Crippen LogP contribution in [0.25, 0.3) is 0 Å². The van der Waals surface area contributed by atoms with Gasteiger partial charge in [0.2, 0.25) is 0 Å². The smallest absolute Gasteiger partial charge is 0.119 e. The molecule has 0 radical (unpaired) electrons. The molecule has 0 aromatic heterocycles. The number of hydrogen-bond acceptors (Lipinski definition) is 4. The quantitative estimate of drug-likeness (QED) is 0.633. The zero-order valence-corrected chi connectivity index (χ0v) is 11.7. The van der Waals surface area contributed by atoms with Gasteiger partial charge in [-0.25, -0.2) is 0 Å². The molecule has 0 saturated carbocycles. The number of phenolic OH excluding ortho intramolecular Hbond substituents is 4. The topological polar surface area (TPSA) is 80.9 Å². The van der Waals surface area contributed by atoms with E-state index >= 15 is 0 Å². The van der Waals surface area contributed by atoms with E-state index in [-0.39, 0.29) is 28.9 Å². The first kappa shape index (κ1) is 14.1. The van der Waals surface area contributed by atoms with E-state index in [4.69, 9.17) is 0 Å². The maximum Gasteiger partial charge on any atom is 0.119 e. The van der Waals surface area contributed by atoms with E-state index in [2.05, 4.69) is 0 Å². The van der Waals surface area contributed by atoms with Gasteiger partial charge in [-0.3, -0.25) is 0 Å². The molecule has 0 aliphatic rings. The van der Waals surface area contributed by atoms with E-state index in [9.17, 15) is 20.4 Å². The van der Waals surface area contributed by atoms with Crippen LogP contribution in [-0.4, -0.2) is 20.4 Å². The fourth-order valence-electron chi connectivity index (χ4n) is 2.64. The Balaban J connectivity index is 2.67. The fourth-order valence-corrected chi connectivity index (χ4v) is 2.64. The Labute approximate surface area is 117 Å². The third-order valence-electron chi connectivity index (χ3n) is 3.79. The highest BCUT2D eigenvalue weighted by molar-refractivity contribution is 5.57. The number of hydrogen-bond donors (Lipinski definition) is 4. The standard InChI is InChI=1S/C16H18O4/c1-8-11(17)4-6-13(19)15(8)10(3)16-9(2)12(18)5-7-14(16)20/h4-7,10,17-20H,1-3H3. The zero-order chi connectivity index (χ0) is 15.0. The van der Waals surface area contributed by atoms with Gasteiger partial charge >= 0.3 is 0 Å².